The second-order valence-corrected chi connectivity index (χ2v) is 4.87. The number of carbonyl (C=O) groups excluding carboxylic acids is 1. The van der Waals surface area contributed by atoms with Crippen LogP contribution in [0.3, 0.4) is 0 Å². The highest BCUT2D eigenvalue weighted by Crippen LogP contribution is 2.09. The predicted molar refractivity (Wildman–Crippen MR) is 71.0 cm³/mol. The highest BCUT2D eigenvalue weighted by atomic mass is 35.5. The molecule has 0 aliphatic rings. The number of halogens is 1. The van der Waals surface area contributed by atoms with Gasteiger partial charge in [-0.05, 0) is 23.6 Å². The summed E-state index contributed by atoms with van der Waals surface area (Å²) < 4.78 is 0. The number of benzene rings is 1. The Hall–Kier alpha value is -1.06. The maximum absolute atomic E-state index is 11.4. The third-order valence-electron chi connectivity index (χ3n) is 2.21. The van der Waals surface area contributed by atoms with Crippen LogP contribution < -0.4 is 10.6 Å². The first kappa shape index (κ1) is 14.0. The van der Waals surface area contributed by atoms with E-state index in [1.807, 2.05) is 24.3 Å². The average molecular weight is 255 g/mol. The van der Waals surface area contributed by atoms with Crippen molar-refractivity contribution in [3.8, 4) is 0 Å². The summed E-state index contributed by atoms with van der Waals surface area (Å²) in [4.78, 5) is 11.4. The number of amides is 1. The third kappa shape index (κ3) is 6.29. The summed E-state index contributed by atoms with van der Waals surface area (Å²) in [7, 11) is 0. The van der Waals surface area contributed by atoms with Crippen molar-refractivity contribution >= 4 is 17.5 Å². The van der Waals surface area contributed by atoms with Crippen LogP contribution in [0.2, 0.25) is 5.02 Å². The van der Waals surface area contributed by atoms with Gasteiger partial charge in [0.25, 0.3) is 0 Å². The van der Waals surface area contributed by atoms with Gasteiger partial charge in [0.2, 0.25) is 5.91 Å². The van der Waals surface area contributed by atoms with Gasteiger partial charge in [0.1, 0.15) is 0 Å². The summed E-state index contributed by atoms with van der Waals surface area (Å²) in [5, 5.41) is 6.65. The quantitative estimate of drug-likeness (QED) is 0.817. The lowest BCUT2D eigenvalue weighted by Gasteiger charge is -2.08. The van der Waals surface area contributed by atoms with Crippen LogP contribution in [0.5, 0.6) is 0 Å². The maximum atomic E-state index is 11.4. The van der Waals surface area contributed by atoms with E-state index in [4.69, 9.17) is 11.6 Å². The molecular weight excluding hydrogens is 236 g/mol. The SMILES string of the molecule is CC(C)CNC(=O)CNCc1cccc(Cl)c1. The molecule has 0 heterocycles. The van der Waals surface area contributed by atoms with Crippen LogP contribution in [0.4, 0.5) is 0 Å². The molecule has 17 heavy (non-hydrogen) atoms. The Morgan fingerprint density at radius 3 is 2.82 bits per heavy atom. The predicted octanol–water partition coefficient (Wildman–Crippen LogP) is 2.20. The van der Waals surface area contributed by atoms with E-state index >= 15 is 0 Å². The monoisotopic (exact) mass is 254 g/mol. The minimum Gasteiger partial charge on any atom is -0.355 e. The van der Waals surface area contributed by atoms with Crippen LogP contribution in [0, 0.1) is 5.92 Å². The van der Waals surface area contributed by atoms with Gasteiger partial charge in [0.15, 0.2) is 0 Å². The van der Waals surface area contributed by atoms with E-state index in [1.54, 1.807) is 0 Å². The molecule has 0 atom stereocenters. The molecule has 4 heteroatoms. The van der Waals surface area contributed by atoms with Gasteiger partial charge in [-0.1, -0.05) is 37.6 Å². The molecule has 0 radical (unpaired) electrons. The molecule has 1 rings (SSSR count). The molecule has 0 saturated heterocycles. The lowest BCUT2D eigenvalue weighted by Crippen LogP contribution is -2.35. The number of carbonyl (C=O) groups is 1. The topological polar surface area (TPSA) is 41.1 Å². The second-order valence-electron chi connectivity index (χ2n) is 4.43. The second kappa shape index (κ2) is 7.30. The normalized spacial score (nSPS) is 10.6. The zero-order chi connectivity index (χ0) is 12.7. The van der Waals surface area contributed by atoms with Gasteiger partial charge in [-0.15, -0.1) is 0 Å². The van der Waals surface area contributed by atoms with Gasteiger partial charge in [-0.25, -0.2) is 0 Å². The molecule has 3 nitrogen and oxygen atoms in total. The highest BCUT2D eigenvalue weighted by Gasteiger charge is 2.01. The van der Waals surface area contributed by atoms with E-state index < -0.39 is 0 Å². The van der Waals surface area contributed by atoms with Crippen LogP contribution in [0.25, 0.3) is 0 Å². The Kier molecular flexibility index (Phi) is 6.01. The summed E-state index contributed by atoms with van der Waals surface area (Å²) in [6, 6.07) is 7.60. The van der Waals surface area contributed by atoms with Crippen LogP contribution in [-0.4, -0.2) is 19.0 Å². The van der Waals surface area contributed by atoms with Crippen LogP contribution in [-0.2, 0) is 11.3 Å². The van der Waals surface area contributed by atoms with Crippen molar-refractivity contribution in [3.05, 3.63) is 34.9 Å². The molecule has 94 valence electrons. The highest BCUT2D eigenvalue weighted by molar-refractivity contribution is 6.30. The van der Waals surface area contributed by atoms with Crippen molar-refractivity contribution in [1.29, 1.82) is 0 Å². The fourth-order valence-electron chi connectivity index (χ4n) is 1.35. The largest absolute Gasteiger partial charge is 0.355 e. The van der Waals surface area contributed by atoms with Gasteiger partial charge < -0.3 is 10.6 Å². The summed E-state index contributed by atoms with van der Waals surface area (Å²) in [5.41, 5.74) is 1.08. The van der Waals surface area contributed by atoms with Crippen LogP contribution in [0.1, 0.15) is 19.4 Å². The molecular formula is C13H19ClN2O. The standard InChI is InChI=1S/C13H19ClN2O/c1-10(2)7-16-13(17)9-15-8-11-4-3-5-12(14)6-11/h3-6,10,15H,7-9H2,1-2H3,(H,16,17). The number of rotatable bonds is 6. The van der Waals surface area contributed by atoms with Gasteiger partial charge in [-0.2, -0.15) is 0 Å². The zero-order valence-corrected chi connectivity index (χ0v) is 11.1. The van der Waals surface area contributed by atoms with Gasteiger partial charge in [0.05, 0.1) is 6.54 Å². The Labute approximate surface area is 108 Å². The first-order valence-corrected chi connectivity index (χ1v) is 6.17. The van der Waals surface area contributed by atoms with Crippen LogP contribution in [0.15, 0.2) is 24.3 Å². The van der Waals surface area contributed by atoms with Crippen molar-refractivity contribution in [2.24, 2.45) is 5.92 Å². The third-order valence-corrected chi connectivity index (χ3v) is 2.45. The molecule has 0 aliphatic heterocycles. The van der Waals surface area contributed by atoms with Crippen molar-refractivity contribution in [2.45, 2.75) is 20.4 Å². The molecule has 1 amide bonds. The summed E-state index contributed by atoms with van der Waals surface area (Å²) in [6.45, 7) is 5.84. The van der Waals surface area contributed by atoms with E-state index in [0.717, 1.165) is 12.1 Å². The summed E-state index contributed by atoms with van der Waals surface area (Å²) in [6.07, 6.45) is 0. The molecule has 1 aromatic carbocycles. The van der Waals surface area contributed by atoms with Gasteiger partial charge >= 0.3 is 0 Å². The van der Waals surface area contributed by atoms with Crippen molar-refractivity contribution in [1.82, 2.24) is 10.6 Å². The molecule has 0 fully saturated rings. The molecule has 0 aromatic heterocycles. The Morgan fingerprint density at radius 2 is 2.18 bits per heavy atom. The first-order valence-electron chi connectivity index (χ1n) is 5.80. The maximum Gasteiger partial charge on any atom is 0.233 e. The van der Waals surface area contributed by atoms with Crippen molar-refractivity contribution in [2.75, 3.05) is 13.1 Å². The number of hydrogen-bond donors (Lipinski definition) is 2. The van der Waals surface area contributed by atoms with Gasteiger partial charge in [0, 0.05) is 18.1 Å². The summed E-state index contributed by atoms with van der Waals surface area (Å²) >= 11 is 5.86. The molecule has 0 unspecified atom stereocenters. The van der Waals surface area contributed by atoms with Gasteiger partial charge in [-0.3, -0.25) is 4.79 Å². The van der Waals surface area contributed by atoms with E-state index in [2.05, 4.69) is 24.5 Å². The van der Waals surface area contributed by atoms with E-state index in [-0.39, 0.29) is 5.91 Å². The minimum atomic E-state index is 0.0285. The number of nitrogens with one attached hydrogen (secondary N) is 2. The molecule has 0 saturated carbocycles. The molecule has 2 N–H and O–H groups in total. The fourth-order valence-corrected chi connectivity index (χ4v) is 1.56. The van der Waals surface area contributed by atoms with Crippen molar-refractivity contribution in [3.63, 3.8) is 0 Å². The molecule has 1 aromatic rings. The zero-order valence-electron chi connectivity index (χ0n) is 10.3. The fraction of sp³-hybridized carbons (Fsp3) is 0.462. The lowest BCUT2D eigenvalue weighted by molar-refractivity contribution is -0.120. The minimum absolute atomic E-state index is 0.0285. The number of hydrogen-bond acceptors (Lipinski definition) is 2. The average Bonchev–Trinajstić information content (AvgIpc) is 2.26. The molecule has 0 aliphatic carbocycles. The van der Waals surface area contributed by atoms with E-state index in [1.165, 1.54) is 0 Å². The lowest BCUT2D eigenvalue weighted by atomic mass is 10.2. The van der Waals surface area contributed by atoms with E-state index in [0.29, 0.717) is 24.0 Å². The Balaban J connectivity index is 2.21. The van der Waals surface area contributed by atoms with E-state index in [9.17, 15) is 4.79 Å². The Morgan fingerprint density at radius 1 is 1.41 bits per heavy atom. The van der Waals surface area contributed by atoms with Crippen molar-refractivity contribution < 1.29 is 4.79 Å². The Bertz CT molecular complexity index is 366. The first-order chi connectivity index (χ1) is 8.08. The van der Waals surface area contributed by atoms with Crippen LogP contribution >= 0.6 is 11.6 Å². The summed E-state index contributed by atoms with van der Waals surface area (Å²) in [5.74, 6) is 0.507. The smallest absolute Gasteiger partial charge is 0.233 e. The molecule has 0 spiro atoms. The molecule has 0 bridgehead atoms.